The van der Waals surface area contributed by atoms with Crippen molar-refractivity contribution in [2.45, 2.75) is 26.3 Å². The number of hydrogen-bond acceptors (Lipinski definition) is 3. The van der Waals surface area contributed by atoms with Crippen LogP contribution in [-0.2, 0) is 4.84 Å². The molecule has 2 rings (SSSR count). The Labute approximate surface area is 134 Å². The summed E-state index contributed by atoms with van der Waals surface area (Å²) < 4.78 is 0. The Morgan fingerprint density at radius 1 is 1.33 bits per heavy atom. The van der Waals surface area contributed by atoms with E-state index in [0.717, 1.165) is 18.7 Å². The van der Waals surface area contributed by atoms with Gasteiger partial charge in [0.05, 0.1) is 41.0 Å². The summed E-state index contributed by atoms with van der Waals surface area (Å²) in [6.07, 6.45) is 0.835. The summed E-state index contributed by atoms with van der Waals surface area (Å²) >= 11 is 11.7. The van der Waals surface area contributed by atoms with E-state index in [1.807, 2.05) is 0 Å². The Morgan fingerprint density at radius 2 is 2.05 bits per heavy atom. The fourth-order valence-electron chi connectivity index (χ4n) is 2.39. The van der Waals surface area contributed by atoms with E-state index in [2.05, 4.69) is 26.1 Å². The van der Waals surface area contributed by atoms with Crippen molar-refractivity contribution in [1.29, 1.82) is 0 Å². The number of rotatable bonds is 2. The fourth-order valence-corrected chi connectivity index (χ4v) is 2.69. The van der Waals surface area contributed by atoms with Gasteiger partial charge in [0.2, 0.25) is 0 Å². The van der Waals surface area contributed by atoms with Crippen LogP contribution >= 0.6 is 23.2 Å². The Balaban J connectivity index is 2.05. The molecular formula is C15H19Cl2N2O2+. The first-order valence-corrected chi connectivity index (χ1v) is 7.69. The lowest BCUT2D eigenvalue weighted by Gasteiger charge is -2.31. The number of piperidine rings is 1. The highest BCUT2D eigenvalue weighted by Gasteiger charge is 2.29. The summed E-state index contributed by atoms with van der Waals surface area (Å²) in [7, 11) is 2.17. The van der Waals surface area contributed by atoms with Crippen LogP contribution < -0.4 is 4.90 Å². The molecule has 1 fully saturated rings. The van der Waals surface area contributed by atoms with Crippen molar-refractivity contribution in [3.8, 4) is 0 Å². The predicted octanol–water partition coefficient (Wildman–Crippen LogP) is 2.45. The number of carbonyl (C=O) groups excluding carboxylic acids is 1. The molecule has 0 aliphatic carbocycles. The summed E-state index contributed by atoms with van der Waals surface area (Å²) in [5, 5.41) is 4.78. The predicted molar refractivity (Wildman–Crippen MR) is 84.3 cm³/mol. The van der Waals surface area contributed by atoms with Gasteiger partial charge in [-0.15, -0.1) is 0 Å². The van der Waals surface area contributed by atoms with Gasteiger partial charge in [-0.05, 0) is 25.1 Å². The Hall–Kier alpha value is -1.10. The zero-order valence-corrected chi connectivity index (χ0v) is 13.8. The van der Waals surface area contributed by atoms with Gasteiger partial charge in [-0.25, -0.2) is 4.79 Å². The molecule has 6 heteroatoms. The summed E-state index contributed by atoms with van der Waals surface area (Å²) in [6, 6.07) is 5.10. The molecule has 114 valence electrons. The maximum Gasteiger partial charge on any atom is 0.365 e. The van der Waals surface area contributed by atoms with Crippen LogP contribution in [0.15, 0.2) is 23.4 Å². The first-order chi connectivity index (χ1) is 9.88. The maximum absolute atomic E-state index is 12.0. The highest BCUT2D eigenvalue weighted by molar-refractivity contribution is 6.42. The standard InChI is InChI=1S/C15H18Cl2N2O2/c1-9-8-19(3)10(2)6-14(9)18-21-15(20)11-4-5-12(16)13(17)7-11/h4-5,7,9-10H,6,8H2,1-3H3/p+1/b18-14-/t9-,10+/m0/s1. The Morgan fingerprint density at radius 3 is 2.71 bits per heavy atom. The molecule has 1 aromatic carbocycles. The summed E-state index contributed by atoms with van der Waals surface area (Å²) in [5.41, 5.74) is 1.27. The molecule has 3 atom stereocenters. The van der Waals surface area contributed by atoms with E-state index in [1.165, 1.54) is 11.0 Å². The van der Waals surface area contributed by atoms with Gasteiger partial charge in [0.15, 0.2) is 0 Å². The number of halogens is 2. The van der Waals surface area contributed by atoms with Crippen LogP contribution in [-0.4, -0.2) is 31.3 Å². The lowest BCUT2D eigenvalue weighted by Crippen LogP contribution is -3.14. The number of likely N-dealkylation sites (tertiary alicyclic amines) is 1. The Kier molecular flexibility index (Phi) is 5.25. The van der Waals surface area contributed by atoms with E-state index < -0.39 is 5.97 Å². The van der Waals surface area contributed by atoms with Crippen LogP contribution in [0.1, 0.15) is 30.6 Å². The molecule has 1 aliphatic rings. The number of oxime groups is 1. The van der Waals surface area contributed by atoms with Crippen LogP contribution in [0.5, 0.6) is 0 Å². The second kappa shape index (κ2) is 6.77. The molecule has 1 unspecified atom stereocenters. The molecule has 0 aromatic heterocycles. The second-order valence-electron chi connectivity index (χ2n) is 5.65. The normalized spacial score (nSPS) is 27.7. The van der Waals surface area contributed by atoms with Gasteiger partial charge in [-0.3, -0.25) is 0 Å². The molecule has 0 spiro atoms. The van der Waals surface area contributed by atoms with Crippen molar-refractivity contribution >= 4 is 34.9 Å². The molecule has 0 radical (unpaired) electrons. The summed E-state index contributed by atoms with van der Waals surface area (Å²) in [4.78, 5) is 18.5. The van der Waals surface area contributed by atoms with Crippen molar-refractivity contribution in [2.24, 2.45) is 11.1 Å². The van der Waals surface area contributed by atoms with Gasteiger partial charge in [0.25, 0.3) is 0 Å². The van der Waals surface area contributed by atoms with Gasteiger partial charge in [0.1, 0.15) is 0 Å². The van der Waals surface area contributed by atoms with Crippen LogP contribution in [0.25, 0.3) is 0 Å². The number of nitrogens with one attached hydrogen (secondary N) is 1. The molecule has 4 nitrogen and oxygen atoms in total. The monoisotopic (exact) mass is 329 g/mol. The summed E-state index contributed by atoms with van der Waals surface area (Å²) in [5.74, 6) is -0.213. The van der Waals surface area contributed by atoms with Crippen LogP contribution in [0.2, 0.25) is 10.0 Å². The van der Waals surface area contributed by atoms with Gasteiger partial charge in [0, 0.05) is 12.3 Å². The number of nitrogens with zero attached hydrogens (tertiary/aromatic N) is 1. The third-order valence-electron chi connectivity index (χ3n) is 3.95. The third-order valence-corrected chi connectivity index (χ3v) is 4.69. The van der Waals surface area contributed by atoms with Crippen molar-refractivity contribution < 1.29 is 14.5 Å². The average Bonchev–Trinajstić information content (AvgIpc) is 2.44. The zero-order valence-electron chi connectivity index (χ0n) is 12.3. The minimum Gasteiger partial charge on any atom is -0.334 e. The number of hydrogen-bond donors (Lipinski definition) is 1. The van der Waals surface area contributed by atoms with E-state index in [4.69, 9.17) is 28.0 Å². The van der Waals surface area contributed by atoms with E-state index in [9.17, 15) is 4.79 Å². The molecule has 21 heavy (non-hydrogen) atoms. The zero-order chi connectivity index (χ0) is 15.6. The minimum absolute atomic E-state index is 0.308. The first-order valence-electron chi connectivity index (χ1n) is 6.94. The summed E-state index contributed by atoms with van der Waals surface area (Å²) in [6.45, 7) is 5.25. The van der Waals surface area contributed by atoms with E-state index >= 15 is 0 Å². The molecule has 0 amide bonds. The molecule has 1 heterocycles. The van der Waals surface area contributed by atoms with Crippen LogP contribution in [0, 0.1) is 5.92 Å². The molecule has 1 N–H and O–H groups in total. The molecular weight excluding hydrogens is 311 g/mol. The first kappa shape index (κ1) is 16.3. The van der Waals surface area contributed by atoms with Crippen LogP contribution in [0.3, 0.4) is 0 Å². The molecule has 1 saturated heterocycles. The number of carbonyl (C=O) groups is 1. The van der Waals surface area contributed by atoms with Crippen LogP contribution in [0.4, 0.5) is 0 Å². The molecule has 1 aliphatic heterocycles. The van der Waals surface area contributed by atoms with Crippen molar-refractivity contribution in [3.63, 3.8) is 0 Å². The highest BCUT2D eigenvalue weighted by atomic mass is 35.5. The molecule has 0 saturated carbocycles. The van der Waals surface area contributed by atoms with Crippen molar-refractivity contribution in [2.75, 3.05) is 13.6 Å². The maximum atomic E-state index is 12.0. The van der Waals surface area contributed by atoms with Crippen molar-refractivity contribution in [3.05, 3.63) is 33.8 Å². The van der Waals surface area contributed by atoms with Gasteiger partial charge in [-0.2, -0.15) is 0 Å². The van der Waals surface area contributed by atoms with Gasteiger partial charge < -0.3 is 9.74 Å². The lowest BCUT2D eigenvalue weighted by molar-refractivity contribution is -0.908. The quantitative estimate of drug-likeness (QED) is 0.669. The largest absolute Gasteiger partial charge is 0.365 e. The lowest BCUT2D eigenvalue weighted by atomic mass is 9.93. The molecule has 0 bridgehead atoms. The minimum atomic E-state index is -0.521. The average molecular weight is 330 g/mol. The van der Waals surface area contributed by atoms with Crippen molar-refractivity contribution in [1.82, 2.24) is 0 Å². The fraction of sp³-hybridized carbons (Fsp3) is 0.467. The molecule has 1 aromatic rings. The van der Waals surface area contributed by atoms with E-state index in [-0.39, 0.29) is 0 Å². The third kappa shape index (κ3) is 3.96. The number of quaternary nitrogens is 1. The van der Waals surface area contributed by atoms with E-state index in [1.54, 1.807) is 12.1 Å². The smallest absolute Gasteiger partial charge is 0.334 e. The Bertz CT molecular complexity index is 575. The second-order valence-corrected chi connectivity index (χ2v) is 6.46. The van der Waals surface area contributed by atoms with Gasteiger partial charge >= 0.3 is 5.97 Å². The topological polar surface area (TPSA) is 43.1 Å². The number of benzene rings is 1. The highest BCUT2D eigenvalue weighted by Crippen LogP contribution is 2.23. The van der Waals surface area contributed by atoms with Gasteiger partial charge in [-0.1, -0.05) is 35.3 Å². The SMILES string of the molecule is C[C@@H]1C/C(=N/OC(=O)c2ccc(Cl)c(Cl)c2)[C@@H](C)C[NH+]1C. The van der Waals surface area contributed by atoms with E-state index in [0.29, 0.717) is 27.6 Å².